The molecule has 168 valence electrons. The van der Waals surface area contributed by atoms with Gasteiger partial charge in [0.15, 0.2) is 0 Å². The molecule has 0 saturated carbocycles. The van der Waals surface area contributed by atoms with Crippen molar-refractivity contribution in [3.8, 4) is 11.4 Å². The second kappa shape index (κ2) is 9.91. The monoisotopic (exact) mass is 429 g/mol. The molecule has 1 fully saturated rings. The molecule has 31 heavy (non-hydrogen) atoms. The van der Waals surface area contributed by atoms with Crippen LogP contribution in [0, 0.1) is 6.92 Å². The summed E-state index contributed by atoms with van der Waals surface area (Å²) in [6.07, 6.45) is -0.252. The van der Waals surface area contributed by atoms with Gasteiger partial charge in [0.1, 0.15) is 5.60 Å². The number of rotatable bonds is 6. The first-order chi connectivity index (χ1) is 14.7. The number of carbonyl (C=O) groups excluding carboxylic acids is 2. The molecular formula is C22H31N5O4. The minimum absolute atomic E-state index is 0.0233. The van der Waals surface area contributed by atoms with Crippen LogP contribution in [0.25, 0.3) is 11.4 Å². The van der Waals surface area contributed by atoms with Crippen LogP contribution in [0.15, 0.2) is 28.8 Å². The summed E-state index contributed by atoms with van der Waals surface area (Å²) in [5.74, 6) is 1.17. The molecule has 2 heterocycles. The molecular weight excluding hydrogens is 398 g/mol. The number of piperazine rings is 1. The topological polar surface area (TPSA) is 101 Å². The molecule has 0 spiro atoms. The Labute approximate surface area is 182 Å². The molecule has 1 saturated heterocycles. The van der Waals surface area contributed by atoms with Crippen molar-refractivity contribution >= 4 is 12.0 Å². The maximum absolute atomic E-state index is 12.4. The lowest BCUT2D eigenvalue weighted by Gasteiger charge is -2.34. The van der Waals surface area contributed by atoms with Crippen molar-refractivity contribution in [1.82, 2.24) is 25.3 Å². The molecule has 1 N–H and O–H groups in total. The quantitative estimate of drug-likeness (QED) is 0.753. The maximum atomic E-state index is 12.4. The van der Waals surface area contributed by atoms with Gasteiger partial charge in [-0.15, -0.1) is 0 Å². The highest BCUT2D eigenvalue weighted by molar-refractivity contribution is 5.77. The Morgan fingerprint density at radius 2 is 1.81 bits per heavy atom. The van der Waals surface area contributed by atoms with Crippen LogP contribution in [-0.2, 0) is 16.1 Å². The van der Waals surface area contributed by atoms with E-state index in [0.29, 0.717) is 31.3 Å². The van der Waals surface area contributed by atoms with Crippen molar-refractivity contribution in [2.24, 2.45) is 0 Å². The third kappa shape index (κ3) is 7.06. The maximum Gasteiger partial charge on any atom is 0.407 e. The zero-order valence-corrected chi connectivity index (χ0v) is 18.7. The highest BCUT2D eigenvalue weighted by Gasteiger charge is 2.23. The van der Waals surface area contributed by atoms with E-state index in [4.69, 9.17) is 9.26 Å². The molecule has 1 aromatic heterocycles. The van der Waals surface area contributed by atoms with Gasteiger partial charge < -0.3 is 19.5 Å². The van der Waals surface area contributed by atoms with E-state index in [1.807, 2.05) is 36.1 Å². The predicted octanol–water partition coefficient (Wildman–Crippen LogP) is 2.60. The summed E-state index contributed by atoms with van der Waals surface area (Å²) in [7, 11) is 0. The van der Waals surface area contributed by atoms with Crippen LogP contribution in [0.1, 0.15) is 38.6 Å². The first-order valence-corrected chi connectivity index (χ1v) is 10.6. The SMILES string of the molecule is Cc1ccc(-c2noc(CN3CCN(C(=O)CCNC(=O)OC(C)(C)C)CC3)n2)cc1. The minimum Gasteiger partial charge on any atom is -0.444 e. The van der Waals surface area contributed by atoms with Gasteiger partial charge in [0.05, 0.1) is 6.54 Å². The number of aromatic nitrogens is 2. The molecule has 3 rings (SSSR count). The number of carbonyl (C=O) groups is 2. The van der Waals surface area contributed by atoms with Gasteiger partial charge in [0.2, 0.25) is 17.6 Å². The van der Waals surface area contributed by atoms with E-state index in [1.165, 1.54) is 5.56 Å². The van der Waals surface area contributed by atoms with Crippen LogP contribution in [0.3, 0.4) is 0 Å². The van der Waals surface area contributed by atoms with Crippen molar-refractivity contribution in [1.29, 1.82) is 0 Å². The van der Waals surface area contributed by atoms with Crippen LogP contribution < -0.4 is 5.32 Å². The summed E-state index contributed by atoms with van der Waals surface area (Å²) in [5, 5.41) is 6.70. The van der Waals surface area contributed by atoms with E-state index in [9.17, 15) is 9.59 Å². The molecule has 2 amide bonds. The largest absolute Gasteiger partial charge is 0.444 e. The van der Waals surface area contributed by atoms with Gasteiger partial charge in [0, 0.05) is 44.7 Å². The van der Waals surface area contributed by atoms with Crippen molar-refractivity contribution in [2.75, 3.05) is 32.7 Å². The lowest BCUT2D eigenvalue weighted by molar-refractivity contribution is -0.132. The fourth-order valence-corrected chi connectivity index (χ4v) is 3.23. The molecule has 0 aliphatic carbocycles. The number of alkyl carbamates (subject to hydrolysis) is 1. The zero-order valence-electron chi connectivity index (χ0n) is 18.7. The third-order valence-corrected chi connectivity index (χ3v) is 4.87. The van der Waals surface area contributed by atoms with Crippen LogP contribution in [0.2, 0.25) is 0 Å². The Morgan fingerprint density at radius 3 is 2.45 bits per heavy atom. The predicted molar refractivity (Wildman–Crippen MR) is 115 cm³/mol. The number of nitrogens with zero attached hydrogens (tertiary/aromatic N) is 4. The first kappa shape index (κ1) is 22.7. The average Bonchev–Trinajstić information content (AvgIpc) is 3.16. The molecule has 0 unspecified atom stereocenters. The number of hydrogen-bond donors (Lipinski definition) is 1. The Kier molecular flexibility index (Phi) is 7.27. The lowest BCUT2D eigenvalue weighted by Crippen LogP contribution is -2.48. The normalized spacial score (nSPS) is 15.0. The van der Waals surface area contributed by atoms with Gasteiger partial charge in [-0.2, -0.15) is 4.98 Å². The summed E-state index contributed by atoms with van der Waals surface area (Å²) in [5.41, 5.74) is 1.56. The standard InChI is InChI=1S/C22H31N5O4/c1-16-5-7-17(8-6-16)20-24-18(31-25-20)15-26-11-13-27(14-12-26)19(28)9-10-23-21(29)30-22(2,3)4/h5-8H,9-15H2,1-4H3,(H,23,29). The number of aryl methyl sites for hydroxylation is 1. The number of benzene rings is 1. The molecule has 2 aromatic rings. The van der Waals surface area contributed by atoms with Gasteiger partial charge in [0.25, 0.3) is 0 Å². The second-order valence-electron chi connectivity index (χ2n) is 8.71. The summed E-state index contributed by atoms with van der Waals surface area (Å²) in [6.45, 7) is 11.0. The molecule has 0 radical (unpaired) electrons. The molecule has 1 aliphatic heterocycles. The Bertz CT molecular complexity index is 880. The smallest absolute Gasteiger partial charge is 0.407 e. The van der Waals surface area contributed by atoms with Gasteiger partial charge in [-0.05, 0) is 27.7 Å². The van der Waals surface area contributed by atoms with E-state index in [0.717, 1.165) is 18.7 Å². The van der Waals surface area contributed by atoms with Crippen LogP contribution in [0.4, 0.5) is 4.79 Å². The number of nitrogens with one attached hydrogen (secondary N) is 1. The van der Waals surface area contributed by atoms with Gasteiger partial charge in [-0.3, -0.25) is 9.69 Å². The van der Waals surface area contributed by atoms with E-state index >= 15 is 0 Å². The van der Waals surface area contributed by atoms with E-state index in [-0.39, 0.29) is 18.9 Å². The van der Waals surface area contributed by atoms with E-state index in [1.54, 1.807) is 20.8 Å². The molecule has 0 bridgehead atoms. The van der Waals surface area contributed by atoms with Crippen molar-refractivity contribution < 1.29 is 18.8 Å². The van der Waals surface area contributed by atoms with Gasteiger partial charge in [-0.25, -0.2) is 4.79 Å². The fraction of sp³-hybridized carbons (Fsp3) is 0.545. The summed E-state index contributed by atoms with van der Waals surface area (Å²) in [6, 6.07) is 7.99. The third-order valence-electron chi connectivity index (χ3n) is 4.87. The highest BCUT2D eigenvalue weighted by Crippen LogP contribution is 2.17. The average molecular weight is 430 g/mol. The summed E-state index contributed by atoms with van der Waals surface area (Å²) in [4.78, 5) is 32.5. The first-order valence-electron chi connectivity index (χ1n) is 10.6. The van der Waals surface area contributed by atoms with E-state index < -0.39 is 11.7 Å². The Balaban J connectivity index is 1.39. The molecule has 1 aliphatic rings. The van der Waals surface area contributed by atoms with Crippen LogP contribution >= 0.6 is 0 Å². The van der Waals surface area contributed by atoms with Crippen LogP contribution in [-0.4, -0.2) is 70.3 Å². The molecule has 9 heteroatoms. The van der Waals surface area contributed by atoms with Crippen molar-refractivity contribution in [2.45, 2.75) is 46.3 Å². The van der Waals surface area contributed by atoms with E-state index in [2.05, 4.69) is 20.4 Å². The van der Waals surface area contributed by atoms with Crippen molar-refractivity contribution in [3.63, 3.8) is 0 Å². The number of ether oxygens (including phenoxy) is 1. The van der Waals surface area contributed by atoms with Gasteiger partial charge in [-0.1, -0.05) is 35.0 Å². The molecule has 0 atom stereocenters. The highest BCUT2D eigenvalue weighted by atomic mass is 16.6. The van der Waals surface area contributed by atoms with Gasteiger partial charge >= 0.3 is 6.09 Å². The fourth-order valence-electron chi connectivity index (χ4n) is 3.23. The molecule has 9 nitrogen and oxygen atoms in total. The number of hydrogen-bond acceptors (Lipinski definition) is 7. The number of amides is 2. The molecule has 1 aromatic carbocycles. The van der Waals surface area contributed by atoms with Crippen LogP contribution in [0.5, 0.6) is 0 Å². The summed E-state index contributed by atoms with van der Waals surface area (Å²) >= 11 is 0. The second-order valence-corrected chi connectivity index (χ2v) is 8.71. The van der Waals surface area contributed by atoms with Crippen molar-refractivity contribution in [3.05, 3.63) is 35.7 Å². The minimum atomic E-state index is -0.552. The Hall–Kier alpha value is -2.94. The Morgan fingerprint density at radius 1 is 1.13 bits per heavy atom. The lowest BCUT2D eigenvalue weighted by atomic mass is 10.1. The summed E-state index contributed by atoms with van der Waals surface area (Å²) < 4.78 is 10.6. The zero-order chi connectivity index (χ0) is 22.4.